The van der Waals surface area contributed by atoms with Crippen LogP contribution in [0.5, 0.6) is 0 Å². The van der Waals surface area contributed by atoms with E-state index in [0.29, 0.717) is 21.6 Å². The number of thiophene rings is 1. The maximum Gasteiger partial charge on any atom is 0.262 e. The number of aryl methyl sites for hydroxylation is 1. The van der Waals surface area contributed by atoms with Crippen LogP contribution in [0.25, 0.3) is 10.2 Å². The highest BCUT2D eigenvalue weighted by Crippen LogP contribution is 2.23. The Morgan fingerprint density at radius 1 is 1.36 bits per heavy atom. The molecule has 130 valence electrons. The van der Waals surface area contributed by atoms with Crippen molar-refractivity contribution in [1.82, 2.24) is 9.55 Å². The van der Waals surface area contributed by atoms with Crippen molar-refractivity contribution < 1.29 is 9.18 Å². The van der Waals surface area contributed by atoms with E-state index in [1.807, 2.05) is 13.0 Å². The predicted molar refractivity (Wildman–Crippen MR) is 96.3 cm³/mol. The van der Waals surface area contributed by atoms with E-state index in [-0.39, 0.29) is 30.8 Å². The van der Waals surface area contributed by atoms with Crippen LogP contribution in [0.3, 0.4) is 0 Å². The Morgan fingerprint density at radius 2 is 2.12 bits per heavy atom. The van der Waals surface area contributed by atoms with E-state index in [9.17, 15) is 14.0 Å². The number of primary amides is 1. The molecule has 3 rings (SSSR count). The highest BCUT2D eigenvalue weighted by atomic mass is 32.1. The van der Waals surface area contributed by atoms with Crippen molar-refractivity contribution in [2.24, 2.45) is 5.73 Å². The monoisotopic (exact) mass is 359 g/mol. The second-order valence-corrected chi connectivity index (χ2v) is 6.87. The molecule has 2 N–H and O–H groups in total. The first-order chi connectivity index (χ1) is 12.0. The molecule has 0 spiro atoms. The van der Waals surface area contributed by atoms with Crippen molar-refractivity contribution in [1.29, 1.82) is 0 Å². The summed E-state index contributed by atoms with van der Waals surface area (Å²) in [6.07, 6.45) is 1.02. The molecule has 0 unspecified atom stereocenters. The molecule has 0 bridgehead atoms. The summed E-state index contributed by atoms with van der Waals surface area (Å²) in [7, 11) is 0. The Labute approximate surface area is 147 Å². The van der Waals surface area contributed by atoms with E-state index >= 15 is 0 Å². The molecule has 0 fully saturated rings. The van der Waals surface area contributed by atoms with E-state index in [2.05, 4.69) is 4.98 Å². The zero-order valence-corrected chi connectivity index (χ0v) is 14.6. The number of nitrogens with zero attached hydrogens (tertiary/aromatic N) is 2. The van der Waals surface area contributed by atoms with Crippen molar-refractivity contribution in [3.05, 3.63) is 62.8 Å². The smallest absolute Gasteiger partial charge is 0.262 e. The molecule has 1 amide bonds. The molecule has 2 aromatic heterocycles. The van der Waals surface area contributed by atoms with E-state index in [1.54, 1.807) is 18.2 Å². The summed E-state index contributed by atoms with van der Waals surface area (Å²) >= 11 is 1.46. The van der Waals surface area contributed by atoms with Crippen molar-refractivity contribution in [3.63, 3.8) is 0 Å². The van der Waals surface area contributed by atoms with Crippen LogP contribution in [0.15, 0.2) is 35.1 Å². The van der Waals surface area contributed by atoms with Gasteiger partial charge in [-0.1, -0.05) is 25.1 Å². The van der Waals surface area contributed by atoms with Crippen LogP contribution in [0.2, 0.25) is 0 Å². The van der Waals surface area contributed by atoms with Gasteiger partial charge in [-0.25, -0.2) is 9.37 Å². The molecule has 5 nitrogen and oxygen atoms in total. The van der Waals surface area contributed by atoms with E-state index < -0.39 is 5.91 Å². The lowest BCUT2D eigenvalue weighted by Crippen LogP contribution is -2.27. The molecular weight excluding hydrogens is 341 g/mol. The van der Waals surface area contributed by atoms with Crippen molar-refractivity contribution in [2.45, 2.75) is 32.7 Å². The lowest BCUT2D eigenvalue weighted by Gasteiger charge is -2.12. The van der Waals surface area contributed by atoms with Crippen molar-refractivity contribution in [3.8, 4) is 0 Å². The minimum Gasteiger partial charge on any atom is -0.370 e. The summed E-state index contributed by atoms with van der Waals surface area (Å²) in [6, 6.07) is 8.23. The molecule has 0 saturated carbocycles. The Balaban J connectivity index is 2.13. The average molecular weight is 359 g/mol. The number of hydrogen-bond acceptors (Lipinski definition) is 4. The largest absolute Gasteiger partial charge is 0.370 e. The number of carbonyl (C=O) groups is 1. The third-order valence-electron chi connectivity index (χ3n) is 4.02. The van der Waals surface area contributed by atoms with Crippen LogP contribution in [0, 0.1) is 5.82 Å². The minimum atomic E-state index is -0.497. The Hall–Kier alpha value is -2.54. The van der Waals surface area contributed by atoms with Gasteiger partial charge < -0.3 is 5.73 Å². The zero-order valence-electron chi connectivity index (χ0n) is 13.8. The fraction of sp³-hybridized carbons (Fsp3) is 0.278. The molecule has 3 aromatic rings. The van der Waals surface area contributed by atoms with Gasteiger partial charge in [-0.15, -0.1) is 11.3 Å². The number of nitrogens with two attached hydrogens (primary N) is 1. The first kappa shape index (κ1) is 17.3. The van der Waals surface area contributed by atoms with Crippen LogP contribution in [-0.2, 0) is 24.2 Å². The van der Waals surface area contributed by atoms with E-state index in [0.717, 1.165) is 11.3 Å². The van der Waals surface area contributed by atoms with Gasteiger partial charge in [0.2, 0.25) is 5.91 Å². The van der Waals surface area contributed by atoms with Crippen LogP contribution in [0.1, 0.15) is 29.6 Å². The van der Waals surface area contributed by atoms with Gasteiger partial charge in [-0.2, -0.15) is 0 Å². The zero-order chi connectivity index (χ0) is 18.0. The molecule has 25 heavy (non-hydrogen) atoms. The molecular formula is C18H18FN3O2S. The predicted octanol–water partition coefficient (Wildman–Crippen LogP) is 2.63. The SMILES string of the molecule is CCc1cc2c(=O)n(CCC(N)=O)c(Cc3ccccc3F)nc2s1. The molecule has 0 radical (unpaired) electrons. The summed E-state index contributed by atoms with van der Waals surface area (Å²) in [5.74, 6) is -0.407. The van der Waals surface area contributed by atoms with Crippen molar-refractivity contribution >= 4 is 27.5 Å². The summed E-state index contributed by atoms with van der Waals surface area (Å²) in [5, 5.41) is 0.531. The second-order valence-electron chi connectivity index (χ2n) is 5.75. The minimum absolute atomic E-state index is 0.0299. The summed E-state index contributed by atoms with van der Waals surface area (Å²) in [6.45, 7) is 2.15. The van der Waals surface area contributed by atoms with E-state index in [4.69, 9.17) is 5.73 Å². The van der Waals surface area contributed by atoms with Gasteiger partial charge in [0.05, 0.1) is 5.39 Å². The Bertz CT molecular complexity index is 994. The molecule has 0 aliphatic rings. The highest BCUT2D eigenvalue weighted by Gasteiger charge is 2.16. The lowest BCUT2D eigenvalue weighted by atomic mass is 10.1. The number of aromatic nitrogens is 2. The van der Waals surface area contributed by atoms with Gasteiger partial charge in [-0.05, 0) is 24.1 Å². The van der Waals surface area contributed by atoms with Gasteiger partial charge in [0.15, 0.2) is 0 Å². The molecule has 0 saturated heterocycles. The molecule has 2 heterocycles. The lowest BCUT2D eigenvalue weighted by molar-refractivity contribution is -0.118. The number of hydrogen-bond donors (Lipinski definition) is 1. The number of rotatable bonds is 6. The van der Waals surface area contributed by atoms with Gasteiger partial charge in [0, 0.05) is 24.3 Å². The highest BCUT2D eigenvalue weighted by molar-refractivity contribution is 7.18. The Kier molecular flexibility index (Phi) is 4.94. The summed E-state index contributed by atoms with van der Waals surface area (Å²) in [4.78, 5) is 30.3. The number of fused-ring (bicyclic) bond motifs is 1. The van der Waals surface area contributed by atoms with E-state index in [1.165, 1.54) is 22.0 Å². The molecule has 0 atom stereocenters. The first-order valence-corrected chi connectivity index (χ1v) is 8.85. The second kappa shape index (κ2) is 7.14. The summed E-state index contributed by atoms with van der Waals surface area (Å²) < 4.78 is 15.4. The van der Waals surface area contributed by atoms with Gasteiger partial charge >= 0.3 is 0 Å². The van der Waals surface area contributed by atoms with Gasteiger partial charge in [-0.3, -0.25) is 14.2 Å². The van der Waals surface area contributed by atoms with Gasteiger partial charge in [0.1, 0.15) is 16.5 Å². The number of carbonyl (C=O) groups excluding carboxylic acids is 1. The Morgan fingerprint density at radius 3 is 2.80 bits per heavy atom. The maximum atomic E-state index is 14.0. The van der Waals surface area contributed by atoms with Crippen LogP contribution < -0.4 is 11.3 Å². The first-order valence-electron chi connectivity index (χ1n) is 8.03. The number of halogens is 1. The quantitative estimate of drug-likeness (QED) is 0.735. The van der Waals surface area contributed by atoms with Gasteiger partial charge in [0.25, 0.3) is 5.56 Å². The third kappa shape index (κ3) is 3.61. The normalized spacial score (nSPS) is 11.1. The summed E-state index contributed by atoms with van der Waals surface area (Å²) in [5.41, 5.74) is 5.46. The molecule has 1 aromatic carbocycles. The number of amides is 1. The van der Waals surface area contributed by atoms with Crippen LogP contribution in [0.4, 0.5) is 4.39 Å². The number of benzene rings is 1. The average Bonchev–Trinajstić information content (AvgIpc) is 3.00. The topological polar surface area (TPSA) is 78.0 Å². The standard InChI is InChI=1S/C18H18FN3O2S/c1-2-12-10-13-17(25-12)21-16(9-11-5-3-4-6-14(11)19)22(18(13)24)8-7-15(20)23/h3-6,10H,2,7-9H2,1H3,(H2,20,23). The third-order valence-corrected chi connectivity index (χ3v) is 5.19. The van der Waals surface area contributed by atoms with Crippen molar-refractivity contribution in [2.75, 3.05) is 0 Å². The maximum absolute atomic E-state index is 14.0. The molecule has 7 heteroatoms. The fourth-order valence-electron chi connectivity index (χ4n) is 2.68. The van der Waals surface area contributed by atoms with Crippen LogP contribution >= 0.6 is 11.3 Å². The fourth-order valence-corrected chi connectivity index (χ4v) is 3.66. The van der Waals surface area contributed by atoms with Crippen LogP contribution in [-0.4, -0.2) is 15.5 Å². The molecule has 0 aliphatic heterocycles. The molecule has 0 aliphatic carbocycles.